The van der Waals surface area contributed by atoms with Crippen LogP contribution in [0.25, 0.3) is 0 Å². The second-order valence-electron chi connectivity index (χ2n) is 3.95. The molecule has 1 aromatic rings. The summed E-state index contributed by atoms with van der Waals surface area (Å²) in [5, 5.41) is 3.42. The SMILES string of the molecule is C[C@@H](c1ccccc1)C1CCNC1. The monoisotopic (exact) mass is 175 g/mol. The molecular weight excluding hydrogens is 158 g/mol. The molecule has 1 fully saturated rings. The summed E-state index contributed by atoms with van der Waals surface area (Å²) in [4.78, 5) is 0. The van der Waals surface area contributed by atoms with Crippen LogP contribution < -0.4 is 5.32 Å². The Hall–Kier alpha value is -0.820. The van der Waals surface area contributed by atoms with Crippen LogP contribution in [0.1, 0.15) is 24.8 Å². The molecule has 0 aliphatic carbocycles. The van der Waals surface area contributed by atoms with Gasteiger partial charge >= 0.3 is 0 Å². The van der Waals surface area contributed by atoms with Gasteiger partial charge in [0.25, 0.3) is 0 Å². The van der Waals surface area contributed by atoms with Crippen LogP contribution in [0.5, 0.6) is 0 Å². The van der Waals surface area contributed by atoms with E-state index in [9.17, 15) is 0 Å². The van der Waals surface area contributed by atoms with E-state index in [0.29, 0.717) is 5.92 Å². The Kier molecular flexibility index (Phi) is 2.65. The van der Waals surface area contributed by atoms with Crippen LogP contribution in [0.15, 0.2) is 30.3 Å². The fourth-order valence-electron chi connectivity index (χ4n) is 2.13. The fourth-order valence-corrected chi connectivity index (χ4v) is 2.13. The molecule has 0 spiro atoms. The summed E-state index contributed by atoms with van der Waals surface area (Å²) in [5.41, 5.74) is 1.48. The molecule has 1 unspecified atom stereocenters. The van der Waals surface area contributed by atoms with Gasteiger partial charge in [-0.1, -0.05) is 37.3 Å². The van der Waals surface area contributed by atoms with E-state index in [1.54, 1.807) is 0 Å². The second kappa shape index (κ2) is 3.93. The average molecular weight is 175 g/mol. The fraction of sp³-hybridized carbons (Fsp3) is 0.500. The molecule has 0 amide bonds. The lowest BCUT2D eigenvalue weighted by molar-refractivity contribution is 0.487. The van der Waals surface area contributed by atoms with Crippen molar-refractivity contribution in [2.24, 2.45) is 5.92 Å². The molecule has 1 nitrogen and oxygen atoms in total. The number of benzene rings is 1. The van der Waals surface area contributed by atoms with Crippen molar-refractivity contribution in [1.29, 1.82) is 0 Å². The number of rotatable bonds is 2. The highest BCUT2D eigenvalue weighted by atomic mass is 14.9. The molecule has 13 heavy (non-hydrogen) atoms. The van der Waals surface area contributed by atoms with Crippen LogP contribution in [-0.2, 0) is 0 Å². The summed E-state index contributed by atoms with van der Waals surface area (Å²) in [6, 6.07) is 10.8. The Morgan fingerprint density at radius 1 is 1.31 bits per heavy atom. The van der Waals surface area contributed by atoms with Crippen molar-refractivity contribution in [3.8, 4) is 0 Å². The van der Waals surface area contributed by atoms with Gasteiger partial charge in [0.05, 0.1) is 0 Å². The molecule has 1 N–H and O–H groups in total. The van der Waals surface area contributed by atoms with Gasteiger partial charge in [0.1, 0.15) is 0 Å². The molecule has 0 radical (unpaired) electrons. The highest BCUT2D eigenvalue weighted by Gasteiger charge is 2.21. The molecule has 2 atom stereocenters. The number of nitrogens with one attached hydrogen (secondary N) is 1. The first-order valence-corrected chi connectivity index (χ1v) is 5.13. The van der Waals surface area contributed by atoms with Gasteiger partial charge in [0.2, 0.25) is 0 Å². The Bertz CT molecular complexity index is 249. The second-order valence-corrected chi connectivity index (χ2v) is 3.95. The molecule has 1 heterocycles. The van der Waals surface area contributed by atoms with Crippen LogP contribution in [0.3, 0.4) is 0 Å². The molecule has 2 rings (SSSR count). The Morgan fingerprint density at radius 2 is 2.08 bits per heavy atom. The molecule has 1 heteroatoms. The van der Waals surface area contributed by atoms with Crippen molar-refractivity contribution < 1.29 is 0 Å². The first-order chi connectivity index (χ1) is 6.38. The van der Waals surface area contributed by atoms with Gasteiger partial charge in [-0.05, 0) is 36.9 Å². The van der Waals surface area contributed by atoms with Gasteiger partial charge in [-0.2, -0.15) is 0 Å². The van der Waals surface area contributed by atoms with E-state index in [4.69, 9.17) is 0 Å². The van der Waals surface area contributed by atoms with Gasteiger partial charge in [-0.15, -0.1) is 0 Å². The highest BCUT2D eigenvalue weighted by molar-refractivity contribution is 5.19. The first kappa shape index (κ1) is 8.76. The summed E-state index contributed by atoms with van der Waals surface area (Å²) in [6.45, 7) is 4.73. The van der Waals surface area contributed by atoms with Crippen molar-refractivity contribution in [1.82, 2.24) is 5.32 Å². The highest BCUT2D eigenvalue weighted by Crippen LogP contribution is 2.27. The van der Waals surface area contributed by atoms with Crippen molar-refractivity contribution >= 4 is 0 Å². The maximum atomic E-state index is 3.42. The lowest BCUT2D eigenvalue weighted by atomic mass is 9.87. The Labute approximate surface area is 80.2 Å². The predicted molar refractivity (Wildman–Crippen MR) is 55.8 cm³/mol. The third kappa shape index (κ3) is 1.92. The van der Waals surface area contributed by atoms with E-state index in [1.165, 1.54) is 25.1 Å². The van der Waals surface area contributed by atoms with E-state index < -0.39 is 0 Å². The zero-order chi connectivity index (χ0) is 9.10. The average Bonchev–Trinajstić information content (AvgIpc) is 2.71. The smallest absolute Gasteiger partial charge is 0.00143 e. The molecular formula is C12H17N. The molecule has 0 saturated carbocycles. The molecule has 0 aromatic heterocycles. The predicted octanol–water partition coefficient (Wildman–Crippen LogP) is 2.40. The van der Waals surface area contributed by atoms with Gasteiger partial charge in [0, 0.05) is 0 Å². The van der Waals surface area contributed by atoms with Crippen molar-refractivity contribution in [3.63, 3.8) is 0 Å². The molecule has 1 saturated heterocycles. The first-order valence-electron chi connectivity index (χ1n) is 5.13. The minimum atomic E-state index is 0.705. The number of hydrogen-bond acceptors (Lipinski definition) is 1. The third-order valence-electron chi connectivity index (χ3n) is 3.13. The lowest BCUT2D eigenvalue weighted by Crippen LogP contribution is -2.14. The minimum Gasteiger partial charge on any atom is -0.316 e. The molecule has 0 bridgehead atoms. The van der Waals surface area contributed by atoms with E-state index in [0.717, 1.165) is 5.92 Å². The van der Waals surface area contributed by atoms with Crippen LogP contribution in [0.4, 0.5) is 0 Å². The van der Waals surface area contributed by atoms with Gasteiger partial charge in [-0.3, -0.25) is 0 Å². The third-order valence-corrected chi connectivity index (χ3v) is 3.13. The topological polar surface area (TPSA) is 12.0 Å². The van der Waals surface area contributed by atoms with Crippen LogP contribution in [-0.4, -0.2) is 13.1 Å². The zero-order valence-corrected chi connectivity index (χ0v) is 8.16. The molecule has 1 aliphatic heterocycles. The summed E-state index contributed by atoms with van der Waals surface area (Å²) < 4.78 is 0. The van der Waals surface area contributed by atoms with E-state index in [-0.39, 0.29) is 0 Å². The Morgan fingerprint density at radius 3 is 2.69 bits per heavy atom. The summed E-state index contributed by atoms with van der Waals surface area (Å²) >= 11 is 0. The van der Waals surface area contributed by atoms with Crippen LogP contribution >= 0.6 is 0 Å². The van der Waals surface area contributed by atoms with Gasteiger partial charge in [0.15, 0.2) is 0 Å². The van der Waals surface area contributed by atoms with E-state index >= 15 is 0 Å². The quantitative estimate of drug-likeness (QED) is 0.727. The van der Waals surface area contributed by atoms with Crippen molar-refractivity contribution in [2.45, 2.75) is 19.3 Å². The summed E-state index contributed by atoms with van der Waals surface area (Å²) in [7, 11) is 0. The lowest BCUT2D eigenvalue weighted by Gasteiger charge is -2.18. The van der Waals surface area contributed by atoms with Gasteiger partial charge in [-0.25, -0.2) is 0 Å². The van der Waals surface area contributed by atoms with Crippen molar-refractivity contribution in [2.75, 3.05) is 13.1 Å². The molecule has 1 aliphatic rings. The van der Waals surface area contributed by atoms with Crippen molar-refractivity contribution in [3.05, 3.63) is 35.9 Å². The largest absolute Gasteiger partial charge is 0.316 e. The normalized spacial score (nSPS) is 24.5. The summed E-state index contributed by atoms with van der Waals surface area (Å²) in [6.07, 6.45) is 1.33. The standard InChI is InChI=1S/C12H17N/c1-10(12-7-8-13-9-12)11-5-3-2-4-6-11/h2-6,10,12-13H,7-9H2,1H3/t10-,12?/m0/s1. The van der Waals surface area contributed by atoms with E-state index in [2.05, 4.69) is 42.6 Å². The van der Waals surface area contributed by atoms with Crippen LogP contribution in [0.2, 0.25) is 0 Å². The molecule has 70 valence electrons. The van der Waals surface area contributed by atoms with Crippen LogP contribution in [0, 0.1) is 5.92 Å². The maximum Gasteiger partial charge on any atom is -0.00143 e. The minimum absolute atomic E-state index is 0.705. The molecule has 1 aromatic carbocycles. The van der Waals surface area contributed by atoms with Gasteiger partial charge < -0.3 is 5.32 Å². The maximum absolute atomic E-state index is 3.42. The summed E-state index contributed by atoms with van der Waals surface area (Å²) in [5.74, 6) is 1.54. The zero-order valence-electron chi connectivity index (χ0n) is 8.16. The van der Waals surface area contributed by atoms with E-state index in [1.807, 2.05) is 0 Å². The number of hydrogen-bond donors (Lipinski definition) is 1. The Balaban J connectivity index is 2.08.